The van der Waals surface area contributed by atoms with Gasteiger partial charge in [-0.2, -0.15) is 4.31 Å². The number of hydrogen-bond donors (Lipinski definition) is 2. The third-order valence-corrected chi connectivity index (χ3v) is 8.01. The molecule has 176 valence electrons. The predicted octanol–water partition coefficient (Wildman–Crippen LogP) is 3.49. The van der Waals surface area contributed by atoms with E-state index in [1.165, 1.54) is 22.1 Å². The van der Waals surface area contributed by atoms with Gasteiger partial charge >= 0.3 is 0 Å². The molecule has 1 aliphatic heterocycles. The van der Waals surface area contributed by atoms with Crippen LogP contribution in [0.3, 0.4) is 0 Å². The van der Waals surface area contributed by atoms with Crippen LogP contribution in [0.2, 0.25) is 0 Å². The van der Waals surface area contributed by atoms with Crippen molar-refractivity contribution >= 4 is 44.4 Å². The number of carbonyl (C=O) groups is 1. The SMILES string of the molecule is CCOc1ccc(NC(=O)CSc2nc3ccc(OC)cc3[nH]2)cc1S(=O)(=O)N1CCCC1. The molecule has 1 aromatic heterocycles. The van der Waals surface area contributed by atoms with Gasteiger partial charge < -0.3 is 19.8 Å². The van der Waals surface area contributed by atoms with Gasteiger partial charge in [0.15, 0.2) is 5.16 Å². The first-order valence-corrected chi connectivity index (χ1v) is 13.1. The number of amides is 1. The van der Waals surface area contributed by atoms with Gasteiger partial charge in [0.1, 0.15) is 16.4 Å². The van der Waals surface area contributed by atoms with Crippen molar-refractivity contribution < 1.29 is 22.7 Å². The number of methoxy groups -OCH3 is 1. The molecule has 2 N–H and O–H groups in total. The maximum atomic E-state index is 13.1. The van der Waals surface area contributed by atoms with E-state index in [1.807, 2.05) is 18.2 Å². The van der Waals surface area contributed by atoms with Crippen molar-refractivity contribution in [3.8, 4) is 11.5 Å². The van der Waals surface area contributed by atoms with E-state index in [9.17, 15) is 13.2 Å². The summed E-state index contributed by atoms with van der Waals surface area (Å²) < 4.78 is 38.5. The Bertz CT molecular complexity index is 1250. The number of carbonyl (C=O) groups excluding carboxylic acids is 1. The summed E-state index contributed by atoms with van der Waals surface area (Å²) in [5.74, 6) is 0.843. The van der Waals surface area contributed by atoms with Gasteiger partial charge in [-0.3, -0.25) is 4.79 Å². The lowest BCUT2D eigenvalue weighted by atomic mass is 10.3. The highest BCUT2D eigenvalue weighted by Crippen LogP contribution is 2.32. The summed E-state index contributed by atoms with van der Waals surface area (Å²) in [6.45, 7) is 3.12. The van der Waals surface area contributed by atoms with Crippen LogP contribution in [0, 0.1) is 0 Å². The Hall–Kier alpha value is -2.76. The van der Waals surface area contributed by atoms with E-state index in [2.05, 4.69) is 15.3 Å². The number of sulfonamides is 1. The van der Waals surface area contributed by atoms with E-state index in [1.54, 1.807) is 26.2 Å². The minimum absolute atomic E-state index is 0.0722. The minimum atomic E-state index is -3.70. The number of aromatic amines is 1. The maximum Gasteiger partial charge on any atom is 0.246 e. The van der Waals surface area contributed by atoms with Crippen LogP contribution in [-0.2, 0) is 14.8 Å². The molecule has 0 radical (unpaired) electrons. The summed E-state index contributed by atoms with van der Waals surface area (Å²) in [5.41, 5.74) is 2.00. The number of fused-ring (bicyclic) bond motifs is 1. The summed E-state index contributed by atoms with van der Waals surface area (Å²) in [5, 5.41) is 3.39. The number of aromatic nitrogens is 2. The summed E-state index contributed by atoms with van der Waals surface area (Å²) in [6.07, 6.45) is 1.68. The van der Waals surface area contributed by atoms with Crippen LogP contribution >= 0.6 is 11.8 Å². The minimum Gasteiger partial charge on any atom is -0.497 e. The van der Waals surface area contributed by atoms with Gasteiger partial charge in [-0.15, -0.1) is 0 Å². The first-order chi connectivity index (χ1) is 15.9. The Kier molecular flexibility index (Phi) is 7.11. The standard InChI is InChI=1S/C22H26N4O5S2/c1-3-31-19-9-6-15(12-20(19)33(28,29)26-10-4-5-11-26)23-21(27)14-32-22-24-17-8-7-16(30-2)13-18(17)25-22/h6-9,12-13H,3-5,10-11,14H2,1-2H3,(H,23,27)(H,24,25). The van der Waals surface area contributed by atoms with Crippen LogP contribution in [0.5, 0.6) is 11.5 Å². The number of rotatable bonds is 9. The molecular weight excluding hydrogens is 464 g/mol. The second-order valence-electron chi connectivity index (χ2n) is 7.47. The number of H-pyrrole nitrogens is 1. The summed E-state index contributed by atoms with van der Waals surface area (Å²) in [7, 11) is -2.10. The van der Waals surface area contributed by atoms with Gasteiger partial charge in [0, 0.05) is 24.8 Å². The molecule has 0 saturated carbocycles. The monoisotopic (exact) mass is 490 g/mol. The second kappa shape index (κ2) is 10.0. The molecule has 4 rings (SSSR count). The highest BCUT2D eigenvalue weighted by atomic mass is 32.2. The summed E-state index contributed by atoms with van der Waals surface area (Å²) in [6, 6.07) is 10.2. The highest BCUT2D eigenvalue weighted by molar-refractivity contribution is 7.99. The fraction of sp³-hybridized carbons (Fsp3) is 0.364. The Morgan fingerprint density at radius 3 is 2.73 bits per heavy atom. The Morgan fingerprint density at radius 1 is 1.21 bits per heavy atom. The molecule has 1 amide bonds. The average molecular weight is 491 g/mol. The number of nitrogens with one attached hydrogen (secondary N) is 2. The van der Waals surface area contributed by atoms with Crippen LogP contribution in [-0.4, -0.2) is 61.2 Å². The first kappa shape index (κ1) is 23.4. The molecule has 0 aliphatic carbocycles. The maximum absolute atomic E-state index is 13.1. The molecule has 9 nitrogen and oxygen atoms in total. The number of imidazole rings is 1. The molecule has 0 spiro atoms. The fourth-order valence-electron chi connectivity index (χ4n) is 3.62. The van der Waals surface area contributed by atoms with Gasteiger partial charge in [0.25, 0.3) is 0 Å². The molecule has 1 saturated heterocycles. The van der Waals surface area contributed by atoms with Crippen LogP contribution in [0.15, 0.2) is 46.5 Å². The van der Waals surface area contributed by atoms with Crippen molar-refractivity contribution in [2.24, 2.45) is 0 Å². The molecule has 3 aromatic rings. The number of ether oxygens (including phenoxy) is 2. The molecule has 0 unspecified atom stereocenters. The fourth-order valence-corrected chi connectivity index (χ4v) is 5.98. The van der Waals surface area contributed by atoms with Crippen LogP contribution < -0.4 is 14.8 Å². The van der Waals surface area contributed by atoms with E-state index >= 15 is 0 Å². The van der Waals surface area contributed by atoms with Crippen molar-refractivity contribution in [1.82, 2.24) is 14.3 Å². The summed E-state index contributed by atoms with van der Waals surface area (Å²) in [4.78, 5) is 20.2. The number of anilines is 1. The van der Waals surface area contributed by atoms with Gasteiger partial charge in [-0.1, -0.05) is 11.8 Å². The third kappa shape index (κ3) is 5.26. The van der Waals surface area contributed by atoms with Crippen LogP contribution in [0.4, 0.5) is 5.69 Å². The van der Waals surface area contributed by atoms with E-state index in [0.717, 1.165) is 29.6 Å². The quantitative estimate of drug-likeness (QED) is 0.442. The molecule has 0 atom stereocenters. The number of hydrogen-bond acceptors (Lipinski definition) is 7. The largest absolute Gasteiger partial charge is 0.497 e. The average Bonchev–Trinajstić information content (AvgIpc) is 3.48. The van der Waals surface area contributed by atoms with Crippen molar-refractivity contribution in [3.05, 3.63) is 36.4 Å². The lowest BCUT2D eigenvalue weighted by Crippen LogP contribution is -2.28. The van der Waals surface area contributed by atoms with E-state index in [-0.39, 0.29) is 22.3 Å². The Morgan fingerprint density at radius 2 is 2.00 bits per heavy atom. The van der Waals surface area contributed by atoms with Crippen molar-refractivity contribution in [3.63, 3.8) is 0 Å². The topological polar surface area (TPSA) is 114 Å². The van der Waals surface area contributed by atoms with Crippen molar-refractivity contribution in [2.75, 3.05) is 37.9 Å². The zero-order chi connectivity index (χ0) is 23.4. The summed E-state index contributed by atoms with van der Waals surface area (Å²) >= 11 is 1.26. The smallest absolute Gasteiger partial charge is 0.246 e. The van der Waals surface area contributed by atoms with E-state index in [4.69, 9.17) is 9.47 Å². The van der Waals surface area contributed by atoms with Crippen molar-refractivity contribution in [1.29, 1.82) is 0 Å². The number of thioether (sulfide) groups is 1. The predicted molar refractivity (Wildman–Crippen MR) is 128 cm³/mol. The second-order valence-corrected chi connectivity index (χ2v) is 10.3. The lowest BCUT2D eigenvalue weighted by Gasteiger charge is -2.19. The van der Waals surface area contributed by atoms with E-state index < -0.39 is 10.0 Å². The Labute approximate surface area is 196 Å². The normalized spacial score (nSPS) is 14.5. The van der Waals surface area contributed by atoms with Crippen LogP contribution in [0.1, 0.15) is 19.8 Å². The highest BCUT2D eigenvalue weighted by Gasteiger charge is 2.30. The number of benzene rings is 2. The Balaban J connectivity index is 1.46. The number of nitrogens with zero attached hydrogens (tertiary/aromatic N) is 2. The molecule has 1 aliphatic rings. The zero-order valence-electron chi connectivity index (χ0n) is 18.5. The zero-order valence-corrected chi connectivity index (χ0v) is 20.1. The van der Waals surface area contributed by atoms with Gasteiger partial charge in [-0.25, -0.2) is 13.4 Å². The molecule has 0 bridgehead atoms. The lowest BCUT2D eigenvalue weighted by molar-refractivity contribution is -0.113. The third-order valence-electron chi connectivity index (χ3n) is 5.22. The van der Waals surface area contributed by atoms with Gasteiger partial charge in [-0.05, 0) is 50.1 Å². The van der Waals surface area contributed by atoms with Gasteiger partial charge in [0.2, 0.25) is 15.9 Å². The van der Waals surface area contributed by atoms with Gasteiger partial charge in [0.05, 0.1) is 30.5 Å². The molecule has 2 aromatic carbocycles. The van der Waals surface area contributed by atoms with Crippen LogP contribution in [0.25, 0.3) is 11.0 Å². The molecule has 11 heteroatoms. The molecule has 1 fully saturated rings. The molecule has 2 heterocycles. The molecule has 33 heavy (non-hydrogen) atoms. The first-order valence-electron chi connectivity index (χ1n) is 10.6. The van der Waals surface area contributed by atoms with E-state index in [0.29, 0.717) is 30.5 Å². The molecular formula is C22H26N4O5S2. The van der Waals surface area contributed by atoms with Crippen molar-refractivity contribution in [2.45, 2.75) is 29.8 Å².